The Bertz CT molecular complexity index is 1050. The van der Waals surface area contributed by atoms with Gasteiger partial charge in [0.05, 0.1) is 22.8 Å². The summed E-state index contributed by atoms with van der Waals surface area (Å²) in [5, 5.41) is 11.2. The summed E-state index contributed by atoms with van der Waals surface area (Å²) in [5.74, 6) is 0.687. The second-order valence-corrected chi connectivity index (χ2v) is 6.01. The molecule has 0 bridgehead atoms. The van der Waals surface area contributed by atoms with Gasteiger partial charge in [-0.2, -0.15) is 10.1 Å². The first-order valence-electron chi connectivity index (χ1n) is 8.56. The first-order valence-corrected chi connectivity index (χ1v) is 8.56. The van der Waals surface area contributed by atoms with Crippen LogP contribution in [0.25, 0.3) is 22.4 Å². The van der Waals surface area contributed by atoms with E-state index in [2.05, 4.69) is 47.6 Å². The maximum atomic E-state index is 5.78. The van der Waals surface area contributed by atoms with Gasteiger partial charge < -0.3 is 16.8 Å². The van der Waals surface area contributed by atoms with Crippen molar-refractivity contribution in [2.24, 2.45) is 5.73 Å². The van der Waals surface area contributed by atoms with Gasteiger partial charge >= 0.3 is 0 Å². The van der Waals surface area contributed by atoms with Crippen LogP contribution in [0.15, 0.2) is 48.8 Å². The average Bonchev–Trinajstić information content (AvgIpc) is 3.11. The number of nitrogens with two attached hydrogens (primary N) is 2. The Labute approximate surface area is 155 Å². The molecule has 0 amide bonds. The zero-order valence-electron chi connectivity index (χ0n) is 14.5. The van der Waals surface area contributed by atoms with Crippen LogP contribution in [0.1, 0.15) is 18.0 Å². The Kier molecular flexibility index (Phi) is 4.58. The SMILES string of the molecule is NCCC(Nc1nccc(-c2[nH]nc3nc(N)ncc23)n1)c1ccccc1. The van der Waals surface area contributed by atoms with E-state index in [0.717, 1.165) is 17.4 Å². The number of fused-ring (bicyclic) bond motifs is 1. The zero-order valence-corrected chi connectivity index (χ0v) is 14.5. The fraction of sp³-hybridized carbons (Fsp3) is 0.167. The lowest BCUT2D eigenvalue weighted by atomic mass is 10.0. The molecule has 9 heteroatoms. The summed E-state index contributed by atoms with van der Waals surface area (Å²) in [4.78, 5) is 17.1. The third kappa shape index (κ3) is 3.53. The van der Waals surface area contributed by atoms with E-state index in [4.69, 9.17) is 11.5 Å². The molecule has 1 aromatic carbocycles. The number of aromatic nitrogens is 6. The van der Waals surface area contributed by atoms with Crippen LogP contribution < -0.4 is 16.8 Å². The molecular formula is C18H19N9. The highest BCUT2D eigenvalue weighted by molar-refractivity contribution is 5.89. The molecule has 3 aromatic heterocycles. The molecule has 27 heavy (non-hydrogen) atoms. The van der Waals surface area contributed by atoms with Gasteiger partial charge in [0.2, 0.25) is 11.9 Å². The fourth-order valence-corrected chi connectivity index (χ4v) is 2.91. The molecule has 4 rings (SSSR count). The molecule has 6 N–H and O–H groups in total. The molecule has 0 fully saturated rings. The van der Waals surface area contributed by atoms with Crippen LogP contribution in [0, 0.1) is 0 Å². The lowest BCUT2D eigenvalue weighted by Gasteiger charge is -2.18. The molecular weight excluding hydrogens is 342 g/mol. The van der Waals surface area contributed by atoms with Crippen LogP contribution in [-0.2, 0) is 0 Å². The standard InChI is InChI=1S/C18H19N9/c19-8-6-13(11-4-2-1-3-5-11)23-18-21-9-7-14(24-18)15-12-10-22-17(20)25-16(12)27-26-15/h1-5,7,9-10,13H,6,8,19H2,(H,21,23,24)(H3,20,22,25,26,27). The minimum atomic E-state index is 0.0214. The summed E-state index contributed by atoms with van der Waals surface area (Å²) in [6.07, 6.45) is 4.09. The van der Waals surface area contributed by atoms with E-state index in [1.165, 1.54) is 0 Å². The Balaban J connectivity index is 1.65. The van der Waals surface area contributed by atoms with Crippen molar-refractivity contribution in [3.05, 3.63) is 54.4 Å². The Morgan fingerprint density at radius 2 is 1.93 bits per heavy atom. The van der Waals surface area contributed by atoms with E-state index in [1.54, 1.807) is 18.5 Å². The molecule has 0 spiro atoms. The maximum Gasteiger partial charge on any atom is 0.223 e. The molecule has 1 unspecified atom stereocenters. The van der Waals surface area contributed by atoms with Crippen LogP contribution in [-0.4, -0.2) is 36.7 Å². The summed E-state index contributed by atoms with van der Waals surface area (Å²) >= 11 is 0. The highest BCUT2D eigenvalue weighted by atomic mass is 15.2. The van der Waals surface area contributed by atoms with E-state index in [1.807, 2.05) is 18.2 Å². The topological polar surface area (TPSA) is 144 Å². The molecule has 0 saturated heterocycles. The summed E-state index contributed by atoms with van der Waals surface area (Å²) in [5.41, 5.74) is 14.4. The second-order valence-electron chi connectivity index (χ2n) is 6.01. The van der Waals surface area contributed by atoms with Crippen LogP contribution >= 0.6 is 0 Å². The Hall–Kier alpha value is -3.59. The van der Waals surface area contributed by atoms with Gasteiger partial charge in [-0.1, -0.05) is 30.3 Å². The molecule has 0 aliphatic rings. The third-order valence-electron chi connectivity index (χ3n) is 4.20. The van der Waals surface area contributed by atoms with E-state index in [0.29, 0.717) is 29.5 Å². The minimum absolute atomic E-state index is 0.0214. The number of hydrogen-bond donors (Lipinski definition) is 4. The van der Waals surface area contributed by atoms with Crippen molar-refractivity contribution in [3.63, 3.8) is 0 Å². The van der Waals surface area contributed by atoms with Gasteiger partial charge in [0.25, 0.3) is 0 Å². The quantitative estimate of drug-likeness (QED) is 0.407. The largest absolute Gasteiger partial charge is 0.368 e. The lowest BCUT2D eigenvalue weighted by molar-refractivity contribution is 0.696. The number of rotatable bonds is 6. The van der Waals surface area contributed by atoms with Gasteiger partial charge in [-0.05, 0) is 24.6 Å². The van der Waals surface area contributed by atoms with Crippen molar-refractivity contribution >= 4 is 22.9 Å². The van der Waals surface area contributed by atoms with Crippen molar-refractivity contribution in [2.75, 3.05) is 17.6 Å². The summed E-state index contributed by atoms with van der Waals surface area (Å²) < 4.78 is 0. The van der Waals surface area contributed by atoms with Gasteiger partial charge in [0.1, 0.15) is 0 Å². The molecule has 0 aliphatic heterocycles. The van der Waals surface area contributed by atoms with Crippen molar-refractivity contribution < 1.29 is 0 Å². The predicted octanol–water partition coefficient (Wildman–Crippen LogP) is 1.89. The first-order chi connectivity index (χ1) is 13.2. The Morgan fingerprint density at radius 1 is 1.07 bits per heavy atom. The van der Waals surface area contributed by atoms with E-state index >= 15 is 0 Å². The molecule has 0 saturated carbocycles. The van der Waals surface area contributed by atoms with Crippen molar-refractivity contribution in [1.29, 1.82) is 0 Å². The molecule has 0 radical (unpaired) electrons. The van der Waals surface area contributed by atoms with Crippen LogP contribution in [0.3, 0.4) is 0 Å². The van der Waals surface area contributed by atoms with Gasteiger partial charge in [0.15, 0.2) is 5.65 Å². The molecule has 136 valence electrons. The number of nitrogens with zero attached hydrogens (tertiary/aromatic N) is 5. The van der Waals surface area contributed by atoms with E-state index in [9.17, 15) is 0 Å². The normalized spacial score (nSPS) is 12.2. The lowest BCUT2D eigenvalue weighted by Crippen LogP contribution is -2.17. The van der Waals surface area contributed by atoms with Gasteiger partial charge in [0, 0.05) is 12.4 Å². The van der Waals surface area contributed by atoms with Crippen LogP contribution in [0.4, 0.5) is 11.9 Å². The maximum absolute atomic E-state index is 5.78. The monoisotopic (exact) mass is 361 g/mol. The highest BCUT2D eigenvalue weighted by Crippen LogP contribution is 2.25. The fourth-order valence-electron chi connectivity index (χ4n) is 2.91. The Morgan fingerprint density at radius 3 is 2.74 bits per heavy atom. The van der Waals surface area contributed by atoms with Gasteiger partial charge in [-0.3, -0.25) is 5.10 Å². The smallest absolute Gasteiger partial charge is 0.223 e. The highest BCUT2D eigenvalue weighted by Gasteiger charge is 2.15. The molecule has 4 aromatic rings. The van der Waals surface area contributed by atoms with Crippen molar-refractivity contribution in [2.45, 2.75) is 12.5 Å². The summed E-state index contributed by atoms with van der Waals surface area (Å²) in [6.45, 7) is 0.552. The second kappa shape index (κ2) is 7.34. The number of hydrogen-bond acceptors (Lipinski definition) is 8. The number of H-pyrrole nitrogens is 1. The average molecular weight is 361 g/mol. The zero-order chi connectivity index (χ0) is 18.6. The third-order valence-corrected chi connectivity index (χ3v) is 4.20. The molecule has 9 nitrogen and oxygen atoms in total. The number of anilines is 2. The van der Waals surface area contributed by atoms with Crippen LogP contribution in [0.2, 0.25) is 0 Å². The minimum Gasteiger partial charge on any atom is -0.368 e. The number of nitrogen functional groups attached to an aromatic ring is 1. The number of nitrogens with one attached hydrogen (secondary N) is 2. The van der Waals surface area contributed by atoms with Crippen LogP contribution in [0.5, 0.6) is 0 Å². The van der Waals surface area contributed by atoms with Gasteiger partial charge in [-0.25, -0.2) is 15.0 Å². The molecule has 3 heterocycles. The summed E-state index contributed by atoms with van der Waals surface area (Å²) in [6, 6.07) is 11.9. The molecule has 1 atom stereocenters. The predicted molar refractivity (Wildman–Crippen MR) is 104 cm³/mol. The van der Waals surface area contributed by atoms with Crippen molar-refractivity contribution in [3.8, 4) is 11.4 Å². The number of benzene rings is 1. The summed E-state index contributed by atoms with van der Waals surface area (Å²) in [7, 11) is 0. The van der Waals surface area contributed by atoms with E-state index in [-0.39, 0.29) is 12.0 Å². The van der Waals surface area contributed by atoms with E-state index < -0.39 is 0 Å². The van der Waals surface area contributed by atoms with Gasteiger partial charge in [-0.15, -0.1) is 0 Å². The number of aromatic amines is 1. The first kappa shape index (κ1) is 16.9. The molecule has 0 aliphatic carbocycles. The van der Waals surface area contributed by atoms with Crippen molar-refractivity contribution in [1.82, 2.24) is 30.1 Å².